The number of ether oxygens (including phenoxy) is 1. The van der Waals surface area contributed by atoms with Crippen LogP contribution >= 0.6 is 11.6 Å². The van der Waals surface area contributed by atoms with E-state index < -0.39 is 12.1 Å². The summed E-state index contributed by atoms with van der Waals surface area (Å²) < 4.78 is 4.44. The van der Waals surface area contributed by atoms with E-state index >= 15 is 0 Å². The quantitative estimate of drug-likeness (QED) is 0.783. The second kappa shape index (κ2) is 4.98. The summed E-state index contributed by atoms with van der Waals surface area (Å²) in [4.78, 5) is 10.9. The molecule has 0 saturated carbocycles. The van der Waals surface area contributed by atoms with Crippen LogP contribution in [0.25, 0.3) is 0 Å². The molecule has 0 radical (unpaired) electrons. The number of benzene rings is 1. The number of carbonyl (C=O) groups excluding carboxylic acids is 1. The molecule has 1 aromatic carbocycles. The molecule has 1 rings (SSSR count). The minimum absolute atomic E-state index is 0.0831. The van der Waals surface area contributed by atoms with Gasteiger partial charge >= 0.3 is 5.97 Å². The van der Waals surface area contributed by atoms with Crippen molar-refractivity contribution in [3.63, 3.8) is 0 Å². The van der Waals surface area contributed by atoms with E-state index in [1.807, 2.05) is 0 Å². The van der Waals surface area contributed by atoms with E-state index in [1.54, 1.807) is 24.3 Å². The van der Waals surface area contributed by atoms with Crippen molar-refractivity contribution in [2.24, 2.45) is 0 Å². The predicted molar refractivity (Wildman–Crippen MR) is 53.0 cm³/mol. The van der Waals surface area contributed by atoms with Gasteiger partial charge in [-0.25, -0.2) is 0 Å². The van der Waals surface area contributed by atoms with E-state index in [4.69, 9.17) is 11.6 Å². The number of hydrogen-bond acceptors (Lipinski definition) is 3. The van der Waals surface area contributed by atoms with Crippen molar-refractivity contribution in [2.75, 3.05) is 7.11 Å². The van der Waals surface area contributed by atoms with Crippen LogP contribution < -0.4 is 0 Å². The van der Waals surface area contributed by atoms with Gasteiger partial charge in [-0.1, -0.05) is 29.8 Å². The zero-order valence-electron chi connectivity index (χ0n) is 7.74. The summed E-state index contributed by atoms with van der Waals surface area (Å²) >= 11 is 5.83. The highest BCUT2D eigenvalue weighted by Crippen LogP contribution is 2.24. The first-order valence-corrected chi connectivity index (χ1v) is 4.52. The monoisotopic (exact) mass is 214 g/mol. The van der Waals surface area contributed by atoms with Crippen molar-refractivity contribution in [3.8, 4) is 0 Å². The first-order valence-electron chi connectivity index (χ1n) is 4.14. The van der Waals surface area contributed by atoms with Crippen LogP contribution in [0, 0.1) is 0 Å². The Bertz CT molecular complexity index is 325. The lowest BCUT2D eigenvalue weighted by atomic mass is 10.1. The Morgan fingerprint density at radius 1 is 1.57 bits per heavy atom. The Morgan fingerprint density at radius 2 is 2.21 bits per heavy atom. The van der Waals surface area contributed by atoms with Crippen LogP contribution in [0.4, 0.5) is 0 Å². The molecule has 1 aromatic rings. The lowest BCUT2D eigenvalue weighted by molar-refractivity contribution is -0.142. The summed E-state index contributed by atoms with van der Waals surface area (Å²) in [7, 11) is 1.28. The molecule has 0 spiro atoms. The number of esters is 1. The van der Waals surface area contributed by atoms with Gasteiger partial charge in [0.25, 0.3) is 0 Å². The highest BCUT2D eigenvalue weighted by molar-refractivity contribution is 6.31. The van der Waals surface area contributed by atoms with Crippen LogP contribution in [0.5, 0.6) is 0 Å². The van der Waals surface area contributed by atoms with Gasteiger partial charge in [0.2, 0.25) is 0 Å². The molecule has 0 saturated heterocycles. The molecule has 1 N–H and O–H groups in total. The van der Waals surface area contributed by atoms with Gasteiger partial charge < -0.3 is 9.84 Å². The van der Waals surface area contributed by atoms with Gasteiger partial charge in [-0.05, 0) is 11.6 Å². The minimum atomic E-state index is -0.906. The molecule has 1 unspecified atom stereocenters. The van der Waals surface area contributed by atoms with Gasteiger partial charge in [0.05, 0.1) is 19.6 Å². The van der Waals surface area contributed by atoms with Gasteiger partial charge in [-0.15, -0.1) is 0 Å². The Morgan fingerprint density at radius 3 is 2.79 bits per heavy atom. The number of halogens is 1. The number of aliphatic hydroxyl groups excluding tert-OH is 1. The third kappa shape index (κ3) is 2.72. The summed E-state index contributed by atoms with van der Waals surface area (Å²) in [5.74, 6) is -0.461. The van der Waals surface area contributed by atoms with Gasteiger partial charge in [0.1, 0.15) is 0 Å². The fourth-order valence-electron chi connectivity index (χ4n) is 1.10. The molecular formula is C10H11ClO3. The smallest absolute Gasteiger partial charge is 0.308 e. The molecule has 0 aliphatic rings. The molecule has 1 atom stereocenters. The number of methoxy groups -OCH3 is 1. The molecule has 0 aliphatic carbocycles. The van der Waals surface area contributed by atoms with E-state index in [9.17, 15) is 9.90 Å². The largest absolute Gasteiger partial charge is 0.469 e. The predicted octanol–water partition coefficient (Wildman–Crippen LogP) is 1.94. The fraction of sp³-hybridized carbons (Fsp3) is 0.300. The average Bonchev–Trinajstić information content (AvgIpc) is 2.18. The van der Waals surface area contributed by atoms with Crippen LogP contribution in [0.15, 0.2) is 24.3 Å². The van der Waals surface area contributed by atoms with Crippen LogP contribution in [0.3, 0.4) is 0 Å². The molecule has 0 fully saturated rings. The normalized spacial score (nSPS) is 12.2. The van der Waals surface area contributed by atoms with Crippen molar-refractivity contribution in [3.05, 3.63) is 34.9 Å². The van der Waals surface area contributed by atoms with E-state index in [0.29, 0.717) is 10.6 Å². The number of hydrogen-bond donors (Lipinski definition) is 1. The SMILES string of the molecule is COC(=O)CC(O)c1ccccc1Cl. The lowest BCUT2D eigenvalue weighted by Crippen LogP contribution is -2.08. The third-order valence-corrected chi connectivity index (χ3v) is 2.20. The van der Waals surface area contributed by atoms with E-state index in [-0.39, 0.29) is 6.42 Å². The highest BCUT2D eigenvalue weighted by Gasteiger charge is 2.15. The summed E-state index contributed by atoms with van der Waals surface area (Å²) in [6.07, 6.45) is -0.989. The molecule has 0 bridgehead atoms. The zero-order valence-corrected chi connectivity index (χ0v) is 8.49. The first kappa shape index (κ1) is 11.0. The number of rotatable bonds is 3. The molecular weight excluding hydrogens is 204 g/mol. The second-order valence-corrected chi connectivity index (χ2v) is 3.22. The van der Waals surface area contributed by atoms with Crippen molar-refractivity contribution < 1.29 is 14.6 Å². The van der Waals surface area contributed by atoms with Crippen molar-refractivity contribution in [2.45, 2.75) is 12.5 Å². The third-order valence-electron chi connectivity index (χ3n) is 1.85. The van der Waals surface area contributed by atoms with Crippen LogP contribution in [-0.4, -0.2) is 18.2 Å². The first-order chi connectivity index (χ1) is 6.65. The van der Waals surface area contributed by atoms with Crippen LogP contribution in [0.2, 0.25) is 5.02 Å². The number of aliphatic hydroxyl groups is 1. The van der Waals surface area contributed by atoms with Gasteiger partial charge in [-0.2, -0.15) is 0 Å². The minimum Gasteiger partial charge on any atom is -0.469 e. The Balaban J connectivity index is 2.74. The molecule has 0 aromatic heterocycles. The zero-order chi connectivity index (χ0) is 10.6. The fourth-order valence-corrected chi connectivity index (χ4v) is 1.36. The Hall–Kier alpha value is -1.06. The van der Waals surface area contributed by atoms with Crippen molar-refractivity contribution >= 4 is 17.6 Å². The van der Waals surface area contributed by atoms with Crippen molar-refractivity contribution in [1.29, 1.82) is 0 Å². The highest BCUT2D eigenvalue weighted by atomic mass is 35.5. The Kier molecular flexibility index (Phi) is 3.92. The standard InChI is InChI=1S/C10H11ClO3/c1-14-10(13)6-9(12)7-4-2-3-5-8(7)11/h2-5,9,12H,6H2,1H3. The van der Waals surface area contributed by atoms with Crippen molar-refractivity contribution in [1.82, 2.24) is 0 Å². The second-order valence-electron chi connectivity index (χ2n) is 2.82. The molecule has 3 nitrogen and oxygen atoms in total. The van der Waals surface area contributed by atoms with E-state index in [2.05, 4.69) is 4.74 Å². The van der Waals surface area contributed by atoms with Crippen LogP contribution in [-0.2, 0) is 9.53 Å². The molecule has 76 valence electrons. The maximum absolute atomic E-state index is 10.9. The molecule has 4 heteroatoms. The topological polar surface area (TPSA) is 46.5 Å². The van der Waals surface area contributed by atoms with E-state index in [0.717, 1.165) is 0 Å². The maximum Gasteiger partial charge on any atom is 0.308 e. The lowest BCUT2D eigenvalue weighted by Gasteiger charge is -2.10. The Labute approximate surface area is 87.3 Å². The summed E-state index contributed by atoms with van der Waals surface area (Å²) in [6.45, 7) is 0. The summed E-state index contributed by atoms with van der Waals surface area (Å²) in [5.41, 5.74) is 0.541. The summed E-state index contributed by atoms with van der Waals surface area (Å²) in [6, 6.07) is 6.85. The number of carbonyl (C=O) groups is 1. The summed E-state index contributed by atoms with van der Waals surface area (Å²) in [5, 5.41) is 10.1. The molecule has 14 heavy (non-hydrogen) atoms. The van der Waals surface area contributed by atoms with E-state index in [1.165, 1.54) is 7.11 Å². The molecule has 0 aliphatic heterocycles. The average molecular weight is 215 g/mol. The van der Waals surface area contributed by atoms with Crippen LogP contribution in [0.1, 0.15) is 18.1 Å². The maximum atomic E-state index is 10.9. The molecule has 0 amide bonds. The van der Waals surface area contributed by atoms with Gasteiger partial charge in [0, 0.05) is 5.02 Å². The van der Waals surface area contributed by atoms with Gasteiger partial charge in [-0.3, -0.25) is 4.79 Å². The molecule has 0 heterocycles. The van der Waals surface area contributed by atoms with Gasteiger partial charge in [0.15, 0.2) is 0 Å².